The van der Waals surface area contributed by atoms with Crippen LogP contribution in [0.3, 0.4) is 0 Å². The SMILES string of the molecule is CC(C)NC(=O)CCNS(=O)(=O)c1cccc(C(N)=S)c1. The van der Waals surface area contributed by atoms with Crippen molar-refractivity contribution in [3.8, 4) is 0 Å². The van der Waals surface area contributed by atoms with E-state index in [1.165, 1.54) is 12.1 Å². The summed E-state index contributed by atoms with van der Waals surface area (Å²) in [6, 6.07) is 6.07. The highest BCUT2D eigenvalue weighted by molar-refractivity contribution is 7.89. The van der Waals surface area contributed by atoms with Crippen LogP contribution >= 0.6 is 12.2 Å². The van der Waals surface area contributed by atoms with Gasteiger partial charge < -0.3 is 11.1 Å². The quantitative estimate of drug-likeness (QED) is 0.633. The molecule has 0 fully saturated rings. The number of hydrogen-bond acceptors (Lipinski definition) is 4. The molecule has 0 aromatic heterocycles. The number of amides is 1. The maximum Gasteiger partial charge on any atom is 0.240 e. The van der Waals surface area contributed by atoms with Gasteiger partial charge in [-0.3, -0.25) is 4.79 Å². The minimum absolute atomic E-state index is 0.0244. The van der Waals surface area contributed by atoms with Crippen molar-refractivity contribution in [3.63, 3.8) is 0 Å². The predicted molar refractivity (Wildman–Crippen MR) is 85.4 cm³/mol. The molecule has 21 heavy (non-hydrogen) atoms. The Bertz CT molecular complexity index is 627. The van der Waals surface area contributed by atoms with Crippen LogP contribution < -0.4 is 15.8 Å². The molecule has 1 aromatic rings. The zero-order valence-electron chi connectivity index (χ0n) is 11.9. The Morgan fingerprint density at radius 3 is 2.62 bits per heavy atom. The van der Waals surface area contributed by atoms with E-state index in [9.17, 15) is 13.2 Å². The lowest BCUT2D eigenvalue weighted by molar-refractivity contribution is -0.121. The first-order valence-corrected chi connectivity index (χ1v) is 8.30. The summed E-state index contributed by atoms with van der Waals surface area (Å²) in [5.74, 6) is -0.204. The van der Waals surface area contributed by atoms with Crippen LogP contribution in [0.5, 0.6) is 0 Å². The minimum Gasteiger partial charge on any atom is -0.389 e. The zero-order valence-corrected chi connectivity index (χ0v) is 13.6. The van der Waals surface area contributed by atoms with Gasteiger partial charge in [0.25, 0.3) is 0 Å². The monoisotopic (exact) mass is 329 g/mol. The van der Waals surface area contributed by atoms with E-state index in [0.717, 1.165) is 0 Å². The van der Waals surface area contributed by atoms with Gasteiger partial charge in [0.15, 0.2) is 0 Å². The third-order valence-electron chi connectivity index (χ3n) is 2.52. The van der Waals surface area contributed by atoms with Crippen molar-refractivity contribution in [2.45, 2.75) is 31.2 Å². The lowest BCUT2D eigenvalue weighted by Crippen LogP contribution is -2.34. The van der Waals surface area contributed by atoms with Crippen LogP contribution in [0.1, 0.15) is 25.8 Å². The largest absolute Gasteiger partial charge is 0.389 e. The maximum atomic E-state index is 12.1. The molecule has 0 aliphatic carbocycles. The molecule has 0 atom stereocenters. The van der Waals surface area contributed by atoms with Gasteiger partial charge in [0.1, 0.15) is 4.99 Å². The average molecular weight is 329 g/mol. The number of nitrogens with one attached hydrogen (secondary N) is 2. The van der Waals surface area contributed by atoms with Crippen molar-refractivity contribution in [1.82, 2.24) is 10.0 Å². The molecule has 6 nitrogen and oxygen atoms in total. The number of rotatable bonds is 7. The minimum atomic E-state index is -3.69. The summed E-state index contributed by atoms with van der Waals surface area (Å²) in [6.45, 7) is 3.70. The lowest BCUT2D eigenvalue weighted by Gasteiger charge is -2.10. The van der Waals surface area contributed by atoms with Crippen LogP contribution in [-0.4, -0.2) is 31.9 Å². The summed E-state index contributed by atoms with van der Waals surface area (Å²) in [5.41, 5.74) is 5.95. The third kappa shape index (κ3) is 5.78. The number of benzene rings is 1. The molecule has 0 bridgehead atoms. The second kappa shape index (κ2) is 7.48. The van der Waals surface area contributed by atoms with E-state index in [0.29, 0.717) is 5.56 Å². The van der Waals surface area contributed by atoms with Gasteiger partial charge in [-0.25, -0.2) is 13.1 Å². The summed E-state index contributed by atoms with van der Waals surface area (Å²) in [5, 5.41) is 2.69. The van der Waals surface area contributed by atoms with E-state index in [1.54, 1.807) is 12.1 Å². The van der Waals surface area contributed by atoms with Crippen molar-refractivity contribution in [2.24, 2.45) is 5.73 Å². The van der Waals surface area contributed by atoms with E-state index >= 15 is 0 Å². The Balaban J connectivity index is 2.68. The Labute approximate surface area is 130 Å². The molecular weight excluding hydrogens is 310 g/mol. The number of hydrogen-bond donors (Lipinski definition) is 3. The fourth-order valence-corrected chi connectivity index (χ4v) is 2.80. The molecular formula is C13H19N3O3S2. The summed E-state index contributed by atoms with van der Waals surface area (Å²) >= 11 is 4.82. The van der Waals surface area contributed by atoms with E-state index in [4.69, 9.17) is 18.0 Å². The van der Waals surface area contributed by atoms with Crippen molar-refractivity contribution in [2.75, 3.05) is 6.54 Å². The topological polar surface area (TPSA) is 101 Å². The van der Waals surface area contributed by atoms with Crippen molar-refractivity contribution >= 4 is 33.1 Å². The second-order valence-electron chi connectivity index (χ2n) is 4.76. The smallest absolute Gasteiger partial charge is 0.240 e. The summed E-state index contributed by atoms with van der Waals surface area (Å²) in [7, 11) is -3.69. The van der Waals surface area contributed by atoms with Crippen LogP contribution in [0, 0.1) is 0 Å². The van der Waals surface area contributed by atoms with Gasteiger partial charge >= 0.3 is 0 Å². The average Bonchev–Trinajstić information content (AvgIpc) is 2.37. The maximum absolute atomic E-state index is 12.1. The molecule has 0 unspecified atom stereocenters. The molecule has 0 saturated heterocycles. The molecule has 1 rings (SSSR count). The molecule has 8 heteroatoms. The van der Waals surface area contributed by atoms with Crippen LogP contribution in [-0.2, 0) is 14.8 Å². The van der Waals surface area contributed by atoms with E-state index in [2.05, 4.69) is 10.0 Å². The lowest BCUT2D eigenvalue weighted by atomic mass is 10.2. The van der Waals surface area contributed by atoms with Crippen molar-refractivity contribution in [1.29, 1.82) is 0 Å². The molecule has 0 aliphatic heterocycles. The van der Waals surface area contributed by atoms with Gasteiger partial charge in [0.05, 0.1) is 4.90 Å². The molecule has 0 aliphatic rings. The number of thiocarbonyl (C=S) groups is 1. The van der Waals surface area contributed by atoms with Gasteiger partial charge in [-0.15, -0.1) is 0 Å². The molecule has 4 N–H and O–H groups in total. The van der Waals surface area contributed by atoms with Gasteiger partial charge in [-0.05, 0) is 26.0 Å². The number of carbonyl (C=O) groups is 1. The number of nitrogens with two attached hydrogens (primary N) is 1. The highest BCUT2D eigenvalue weighted by atomic mass is 32.2. The fraction of sp³-hybridized carbons (Fsp3) is 0.385. The Morgan fingerprint density at radius 1 is 1.38 bits per heavy atom. The van der Waals surface area contributed by atoms with Crippen molar-refractivity contribution in [3.05, 3.63) is 29.8 Å². The Kier molecular flexibility index (Phi) is 6.25. The molecule has 1 aromatic carbocycles. The van der Waals surface area contributed by atoms with Gasteiger partial charge in [-0.1, -0.05) is 24.4 Å². The molecule has 1 amide bonds. The highest BCUT2D eigenvalue weighted by Gasteiger charge is 2.15. The molecule has 0 radical (unpaired) electrons. The fourth-order valence-electron chi connectivity index (χ4n) is 1.59. The van der Waals surface area contributed by atoms with Crippen LogP contribution in [0.2, 0.25) is 0 Å². The van der Waals surface area contributed by atoms with Gasteiger partial charge in [-0.2, -0.15) is 0 Å². The third-order valence-corrected chi connectivity index (χ3v) is 4.22. The molecule has 116 valence electrons. The first-order chi connectivity index (χ1) is 9.72. The first-order valence-electron chi connectivity index (χ1n) is 6.41. The highest BCUT2D eigenvalue weighted by Crippen LogP contribution is 2.11. The van der Waals surface area contributed by atoms with Gasteiger partial charge in [0, 0.05) is 24.6 Å². The molecule has 0 saturated carbocycles. The zero-order chi connectivity index (χ0) is 16.0. The van der Waals surface area contributed by atoms with Crippen LogP contribution in [0.4, 0.5) is 0 Å². The normalized spacial score (nSPS) is 11.4. The molecule has 0 heterocycles. The number of sulfonamides is 1. The Morgan fingerprint density at radius 2 is 2.05 bits per heavy atom. The Hall–Kier alpha value is -1.51. The first kappa shape index (κ1) is 17.5. The summed E-state index contributed by atoms with van der Waals surface area (Å²) in [6.07, 6.45) is 0.0758. The second-order valence-corrected chi connectivity index (χ2v) is 6.97. The van der Waals surface area contributed by atoms with E-state index < -0.39 is 10.0 Å². The number of carbonyl (C=O) groups excluding carboxylic acids is 1. The van der Waals surface area contributed by atoms with Crippen molar-refractivity contribution < 1.29 is 13.2 Å². The summed E-state index contributed by atoms with van der Waals surface area (Å²) in [4.78, 5) is 11.6. The molecule has 0 spiro atoms. The van der Waals surface area contributed by atoms with Crippen LogP contribution in [0.25, 0.3) is 0 Å². The van der Waals surface area contributed by atoms with Gasteiger partial charge in [0.2, 0.25) is 15.9 Å². The van der Waals surface area contributed by atoms with E-state index in [-0.39, 0.29) is 34.8 Å². The standard InChI is InChI=1S/C13H19N3O3S2/c1-9(2)16-12(17)6-7-15-21(18,19)11-5-3-4-10(8-11)13(14)20/h3-5,8-9,15H,6-7H2,1-2H3,(H2,14,20)(H,16,17). The summed E-state index contributed by atoms with van der Waals surface area (Å²) < 4.78 is 26.5. The predicted octanol–water partition coefficient (Wildman–Crippen LogP) is 0.514. The van der Waals surface area contributed by atoms with Crippen LogP contribution in [0.15, 0.2) is 29.2 Å². The van der Waals surface area contributed by atoms with E-state index in [1.807, 2.05) is 13.8 Å².